The Labute approximate surface area is 154 Å². The summed E-state index contributed by atoms with van der Waals surface area (Å²) >= 11 is 0. The number of carbonyl (C=O) groups excluding carboxylic acids is 1. The highest BCUT2D eigenvalue weighted by atomic mass is 19.4. The van der Waals surface area contributed by atoms with Crippen LogP contribution in [0.15, 0.2) is 36.4 Å². The van der Waals surface area contributed by atoms with Crippen molar-refractivity contribution < 1.29 is 23.1 Å². The first-order valence-corrected chi connectivity index (χ1v) is 9.05. The highest BCUT2D eigenvalue weighted by Gasteiger charge is 2.30. The van der Waals surface area contributed by atoms with Gasteiger partial charge in [0, 0.05) is 6.42 Å². The minimum absolute atomic E-state index is 0.0777. The smallest absolute Gasteiger partial charge is 0.390 e. The Hall–Kier alpha value is -1.62. The van der Waals surface area contributed by atoms with Gasteiger partial charge in [-0.15, -0.1) is 0 Å². The van der Waals surface area contributed by atoms with Gasteiger partial charge in [0.1, 0.15) is 0 Å². The Balaban J connectivity index is 2.35. The fourth-order valence-corrected chi connectivity index (χ4v) is 2.69. The lowest BCUT2D eigenvalue weighted by Gasteiger charge is -2.17. The number of alkyl halides is 3. The first kappa shape index (κ1) is 22.4. The van der Waals surface area contributed by atoms with Gasteiger partial charge in [-0.2, -0.15) is 13.2 Å². The van der Waals surface area contributed by atoms with E-state index in [0.29, 0.717) is 17.9 Å². The molecule has 1 N–H and O–H groups in total. The lowest BCUT2D eigenvalue weighted by atomic mass is 9.95. The molecular weight excluding hydrogens is 341 g/mol. The predicted octanol–water partition coefficient (Wildman–Crippen LogP) is 5.73. The van der Waals surface area contributed by atoms with Crippen LogP contribution in [0.1, 0.15) is 64.0 Å². The van der Waals surface area contributed by atoms with E-state index in [1.165, 1.54) is 12.1 Å². The monoisotopic (exact) mass is 370 g/mol. The van der Waals surface area contributed by atoms with Crippen LogP contribution in [0.3, 0.4) is 0 Å². The number of rotatable bonds is 10. The lowest BCUT2D eigenvalue weighted by Crippen LogP contribution is -2.18. The van der Waals surface area contributed by atoms with Gasteiger partial charge in [0.2, 0.25) is 0 Å². The number of hydrogen-bond acceptors (Lipinski definition) is 2. The van der Waals surface area contributed by atoms with Crippen LogP contribution < -0.4 is 0 Å². The molecule has 0 aromatic heterocycles. The summed E-state index contributed by atoms with van der Waals surface area (Å²) in [5.74, 6) is 0.343. The summed E-state index contributed by atoms with van der Waals surface area (Å²) in [6, 6.07) is 5.11. The first-order chi connectivity index (χ1) is 12.0. The van der Waals surface area contributed by atoms with Crippen molar-refractivity contribution in [3.8, 4) is 0 Å². The van der Waals surface area contributed by atoms with E-state index < -0.39 is 17.3 Å². The molecule has 1 aromatic rings. The van der Waals surface area contributed by atoms with Crippen LogP contribution in [0.4, 0.5) is 13.2 Å². The zero-order valence-electron chi connectivity index (χ0n) is 15.8. The van der Waals surface area contributed by atoms with Crippen molar-refractivity contribution in [2.75, 3.05) is 0 Å². The minimum atomic E-state index is -4.36. The van der Waals surface area contributed by atoms with Crippen molar-refractivity contribution in [3.05, 3.63) is 47.5 Å². The van der Waals surface area contributed by atoms with Crippen LogP contribution in [-0.4, -0.2) is 16.5 Å². The van der Waals surface area contributed by atoms with E-state index in [-0.39, 0.29) is 12.2 Å². The number of ketones is 1. The summed E-state index contributed by atoms with van der Waals surface area (Å²) < 4.78 is 38.0. The van der Waals surface area contributed by atoms with E-state index in [1.807, 2.05) is 6.08 Å². The number of benzene rings is 1. The summed E-state index contributed by atoms with van der Waals surface area (Å²) in [5, 5.41) is 9.67. The maximum absolute atomic E-state index is 12.7. The number of halogens is 3. The SMILES string of the molecule is C[C@@H](CC=CC(=O)CCc1cccc(C(F)(F)F)c1)CCCC(C)(C)O. The van der Waals surface area contributed by atoms with Gasteiger partial charge in [0.05, 0.1) is 11.2 Å². The fraction of sp³-hybridized carbons (Fsp3) is 0.571. The van der Waals surface area contributed by atoms with Crippen molar-refractivity contribution >= 4 is 5.78 Å². The summed E-state index contributed by atoms with van der Waals surface area (Å²) in [7, 11) is 0. The first-order valence-electron chi connectivity index (χ1n) is 9.05. The maximum Gasteiger partial charge on any atom is 0.416 e. The number of aliphatic hydroxyl groups is 1. The Bertz CT molecular complexity index is 598. The predicted molar refractivity (Wildman–Crippen MR) is 97.8 cm³/mol. The quantitative estimate of drug-likeness (QED) is 0.534. The average molecular weight is 370 g/mol. The number of carbonyl (C=O) groups is 1. The van der Waals surface area contributed by atoms with Crippen molar-refractivity contribution in [2.24, 2.45) is 5.92 Å². The van der Waals surface area contributed by atoms with Crippen molar-refractivity contribution in [1.82, 2.24) is 0 Å². The summed E-state index contributed by atoms with van der Waals surface area (Å²) in [6.45, 7) is 5.68. The second-order valence-electron chi connectivity index (χ2n) is 7.61. The molecule has 0 spiro atoms. The van der Waals surface area contributed by atoms with E-state index in [4.69, 9.17) is 0 Å². The largest absolute Gasteiger partial charge is 0.416 e. The van der Waals surface area contributed by atoms with Crippen molar-refractivity contribution in [1.29, 1.82) is 0 Å². The summed E-state index contributed by atoms with van der Waals surface area (Å²) in [4.78, 5) is 11.9. The molecule has 0 fully saturated rings. The van der Waals surface area contributed by atoms with Crippen LogP contribution in [0, 0.1) is 5.92 Å². The second-order valence-corrected chi connectivity index (χ2v) is 7.61. The van der Waals surface area contributed by atoms with Gasteiger partial charge < -0.3 is 5.11 Å². The third kappa shape index (κ3) is 9.76. The standard InChI is InChI=1S/C21H29F3O2/c1-16(8-6-14-20(2,3)26)7-4-11-19(25)13-12-17-9-5-10-18(15-17)21(22,23)24/h4-5,9-11,15-16,26H,6-8,12-14H2,1-3H3/t16-/m0/s1. The highest BCUT2D eigenvalue weighted by Crippen LogP contribution is 2.29. The molecule has 1 rings (SSSR count). The Kier molecular flexibility index (Phi) is 8.54. The highest BCUT2D eigenvalue weighted by molar-refractivity contribution is 5.89. The number of allylic oxidation sites excluding steroid dienone is 2. The van der Waals surface area contributed by atoms with Gasteiger partial charge in [-0.3, -0.25) is 4.79 Å². The third-order valence-electron chi connectivity index (χ3n) is 4.24. The molecule has 0 bridgehead atoms. The molecule has 1 aromatic carbocycles. The molecule has 0 saturated heterocycles. The van der Waals surface area contributed by atoms with Gasteiger partial charge in [-0.25, -0.2) is 0 Å². The van der Waals surface area contributed by atoms with E-state index in [2.05, 4.69) is 6.92 Å². The molecule has 0 amide bonds. The fourth-order valence-electron chi connectivity index (χ4n) is 2.69. The topological polar surface area (TPSA) is 37.3 Å². The van der Waals surface area contributed by atoms with Crippen LogP contribution in [0.5, 0.6) is 0 Å². The lowest BCUT2D eigenvalue weighted by molar-refractivity contribution is -0.137. The molecule has 0 unspecified atom stereocenters. The Morgan fingerprint density at radius 1 is 1.27 bits per heavy atom. The second kappa shape index (κ2) is 9.91. The van der Waals surface area contributed by atoms with E-state index in [0.717, 1.165) is 37.8 Å². The van der Waals surface area contributed by atoms with Gasteiger partial charge in [0.15, 0.2) is 5.78 Å². The molecule has 146 valence electrons. The molecule has 1 atom stereocenters. The maximum atomic E-state index is 12.7. The molecule has 0 heterocycles. The summed E-state index contributed by atoms with van der Waals surface area (Å²) in [6.07, 6.45) is 2.94. The van der Waals surface area contributed by atoms with Crippen LogP contribution >= 0.6 is 0 Å². The third-order valence-corrected chi connectivity index (χ3v) is 4.24. The molecule has 0 radical (unpaired) electrons. The number of hydrogen-bond donors (Lipinski definition) is 1. The zero-order valence-corrected chi connectivity index (χ0v) is 15.8. The molecule has 0 aliphatic heterocycles. The molecule has 0 aliphatic rings. The van der Waals surface area contributed by atoms with E-state index >= 15 is 0 Å². The van der Waals surface area contributed by atoms with E-state index in [9.17, 15) is 23.1 Å². The summed E-state index contributed by atoms with van der Waals surface area (Å²) in [5.41, 5.74) is -0.811. The Morgan fingerprint density at radius 2 is 1.96 bits per heavy atom. The van der Waals surface area contributed by atoms with Gasteiger partial charge in [0.25, 0.3) is 0 Å². The molecule has 0 aliphatic carbocycles. The van der Waals surface area contributed by atoms with E-state index in [1.54, 1.807) is 19.9 Å². The molecule has 26 heavy (non-hydrogen) atoms. The van der Waals surface area contributed by atoms with Crippen LogP contribution in [0.2, 0.25) is 0 Å². The van der Waals surface area contributed by atoms with Gasteiger partial charge >= 0.3 is 6.18 Å². The average Bonchev–Trinajstić information content (AvgIpc) is 2.51. The van der Waals surface area contributed by atoms with Gasteiger partial charge in [-0.05, 0) is 56.7 Å². The van der Waals surface area contributed by atoms with Gasteiger partial charge in [-0.1, -0.05) is 44.0 Å². The zero-order chi connectivity index (χ0) is 19.8. The molecule has 2 nitrogen and oxygen atoms in total. The van der Waals surface area contributed by atoms with Crippen LogP contribution in [-0.2, 0) is 17.4 Å². The van der Waals surface area contributed by atoms with Crippen molar-refractivity contribution in [2.45, 2.75) is 71.1 Å². The molecule has 0 saturated carbocycles. The van der Waals surface area contributed by atoms with Crippen LogP contribution in [0.25, 0.3) is 0 Å². The Morgan fingerprint density at radius 3 is 2.58 bits per heavy atom. The minimum Gasteiger partial charge on any atom is -0.390 e. The molecular formula is C21H29F3O2. The molecule has 5 heteroatoms. The number of aryl methyl sites for hydroxylation is 1. The normalized spacial score (nSPS) is 14.0. The van der Waals surface area contributed by atoms with Crippen molar-refractivity contribution in [3.63, 3.8) is 0 Å².